The van der Waals surface area contributed by atoms with Crippen LogP contribution in [-0.2, 0) is 16.8 Å². The molecular formula is C30H25ClF4N4O3. The van der Waals surface area contributed by atoms with E-state index in [2.05, 4.69) is 25.7 Å². The number of nitrogens with one attached hydrogen (secondary N) is 3. The second-order valence-electron chi connectivity index (χ2n) is 9.26. The molecule has 3 N–H and O–H groups in total. The van der Waals surface area contributed by atoms with Gasteiger partial charge in [0.05, 0.1) is 10.7 Å². The van der Waals surface area contributed by atoms with E-state index in [1.807, 2.05) is 0 Å². The average molecular weight is 601 g/mol. The lowest BCUT2D eigenvalue weighted by atomic mass is 9.80. The largest absolute Gasteiger partial charge is 0.461 e. The fourth-order valence-corrected chi connectivity index (χ4v) is 4.39. The van der Waals surface area contributed by atoms with E-state index >= 15 is 0 Å². The van der Waals surface area contributed by atoms with Gasteiger partial charge in [-0.2, -0.15) is 17.6 Å². The predicted molar refractivity (Wildman–Crippen MR) is 151 cm³/mol. The molecule has 0 aliphatic carbocycles. The molecule has 1 aromatic heterocycles. The highest BCUT2D eigenvalue weighted by molar-refractivity contribution is 6.30. The molecule has 42 heavy (non-hydrogen) atoms. The number of hydrogen-bond acceptors (Lipinski definition) is 4. The highest BCUT2D eigenvalue weighted by Gasteiger charge is 2.44. The Morgan fingerprint density at radius 2 is 1.57 bits per heavy atom. The molecule has 3 aromatic carbocycles. The van der Waals surface area contributed by atoms with Gasteiger partial charge in [0.1, 0.15) is 11.3 Å². The van der Waals surface area contributed by atoms with Crippen molar-refractivity contribution in [3.8, 4) is 5.75 Å². The third-order valence-corrected chi connectivity index (χ3v) is 6.33. The minimum absolute atomic E-state index is 0.0755. The third kappa shape index (κ3) is 7.55. The Morgan fingerprint density at radius 3 is 2.17 bits per heavy atom. The zero-order valence-corrected chi connectivity index (χ0v) is 22.8. The summed E-state index contributed by atoms with van der Waals surface area (Å²) >= 11 is 6.09. The first kappa shape index (κ1) is 30.3. The number of nitrogens with zero attached hydrogens (tertiary/aromatic N) is 1. The van der Waals surface area contributed by atoms with E-state index in [0.29, 0.717) is 16.4 Å². The van der Waals surface area contributed by atoms with Crippen LogP contribution in [0.25, 0.3) is 0 Å². The molecule has 1 heterocycles. The smallest absolute Gasteiger partial charge is 0.428 e. The van der Waals surface area contributed by atoms with Gasteiger partial charge in [0, 0.05) is 30.9 Å². The van der Waals surface area contributed by atoms with E-state index in [-0.39, 0.29) is 23.6 Å². The first-order valence-electron chi connectivity index (χ1n) is 12.6. The Labute approximate surface area is 243 Å². The van der Waals surface area contributed by atoms with Crippen LogP contribution in [0.5, 0.6) is 5.75 Å². The minimum atomic E-state index is -4.74. The van der Waals surface area contributed by atoms with Crippen LogP contribution in [0.1, 0.15) is 23.7 Å². The maximum Gasteiger partial charge on any atom is 0.461 e. The van der Waals surface area contributed by atoms with Crippen molar-refractivity contribution in [1.82, 2.24) is 10.3 Å². The Morgan fingerprint density at radius 1 is 0.905 bits per heavy atom. The fourth-order valence-electron chi connectivity index (χ4n) is 4.27. The summed E-state index contributed by atoms with van der Waals surface area (Å²) in [5.74, 6) is -0.799. The number of aromatic nitrogens is 1. The van der Waals surface area contributed by atoms with Crippen molar-refractivity contribution in [1.29, 1.82) is 0 Å². The lowest BCUT2D eigenvalue weighted by molar-refractivity contribution is -0.253. The lowest BCUT2D eigenvalue weighted by Crippen LogP contribution is -2.50. The average Bonchev–Trinajstić information content (AvgIpc) is 2.94. The lowest BCUT2D eigenvalue weighted by Gasteiger charge is -2.35. The first-order chi connectivity index (χ1) is 20.0. The summed E-state index contributed by atoms with van der Waals surface area (Å²) in [7, 11) is 0. The number of ether oxygens (including phenoxy) is 1. The highest BCUT2D eigenvalue weighted by Crippen LogP contribution is 2.36. The monoisotopic (exact) mass is 600 g/mol. The van der Waals surface area contributed by atoms with E-state index in [1.165, 1.54) is 25.3 Å². The Balaban J connectivity index is 1.78. The normalized spacial score (nSPS) is 12.7. The molecule has 0 unspecified atom stereocenters. The second kappa shape index (κ2) is 12.9. The SMILES string of the molecule is CC(=O)Nc1ccc(NC(=O)N[C@](Cc2ccccc2)(c2cccc(OC(F)(F)C(F)F)c2)c2ccc(Cl)cn2)cc1. The van der Waals surface area contributed by atoms with Crippen molar-refractivity contribution in [2.24, 2.45) is 0 Å². The number of amides is 3. The number of anilines is 2. The van der Waals surface area contributed by atoms with Crippen LogP contribution in [0, 0.1) is 0 Å². The third-order valence-electron chi connectivity index (χ3n) is 6.10. The molecule has 0 aliphatic heterocycles. The Hall–Kier alpha value is -4.64. The van der Waals surface area contributed by atoms with Gasteiger partial charge >= 0.3 is 18.6 Å². The second-order valence-corrected chi connectivity index (χ2v) is 9.70. The quantitative estimate of drug-likeness (QED) is 0.167. The van der Waals surface area contributed by atoms with Gasteiger partial charge in [-0.05, 0) is 59.7 Å². The summed E-state index contributed by atoms with van der Waals surface area (Å²) in [6.07, 6.45) is -7.36. The molecule has 0 bridgehead atoms. The first-order valence-corrected chi connectivity index (χ1v) is 12.9. The summed E-state index contributed by atoms with van der Waals surface area (Å²) in [6.45, 7) is 1.37. The molecule has 7 nitrogen and oxygen atoms in total. The number of alkyl halides is 4. The molecule has 4 rings (SSSR count). The van der Waals surface area contributed by atoms with Crippen molar-refractivity contribution >= 4 is 34.9 Å². The maximum atomic E-state index is 13.8. The molecule has 0 radical (unpaired) electrons. The number of pyridine rings is 1. The summed E-state index contributed by atoms with van der Waals surface area (Å²) in [5.41, 5.74) is 0.622. The number of benzene rings is 3. The Kier molecular flexibility index (Phi) is 9.31. The molecule has 0 aliphatic rings. The molecule has 1 atom stereocenters. The van der Waals surface area contributed by atoms with Crippen molar-refractivity contribution < 1.29 is 31.9 Å². The van der Waals surface area contributed by atoms with Gasteiger partial charge in [0.2, 0.25) is 5.91 Å². The zero-order valence-electron chi connectivity index (χ0n) is 22.1. The van der Waals surface area contributed by atoms with Crippen LogP contribution in [-0.4, -0.2) is 29.5 Å². The number of halogens is 5. The van der Waals surface area contributed by atoms with Gasteiger partial charge in [-0.3, -0.25) is 9.78 Å². The van der Waals surface area contributed by atoms with Crippen LogP contribution in [0.3, 0.4) is 0 Å². The summed E-state index contributed by atoms with van der Waals surface area (Å²) in [4.78, 5) is 29.2. The van der Waals surface area contributed by atoms with E-state index in [4.69, 9.17) is 11.6 Å². The highest BCUT2D eigenvalue weighted by atomic mass is 35.5. The maximum absolute atomic E-state index is 13.8. The zero-order chi connectivity index (χ0) is 30.3. The van der Waals surface area contributed by atoms with Gasteiger partial charge < -0.3 is 20.7 Å². The Bertz CT molecular complexity index is 1520. The van der Waals surface area contributed by atoms with Gasteiger partial charge in [-0.25, -0.2) is 4.79 Å². The van der Waals surface area contributed by atoms with Gasteiger partial charge in [0.15, 0.2) is 0 Å². The molecule has 218 valence electrons. The van der Waals surface area contributed by atoms with E-state index < -0.39 is 29.9 Å². The number of rotatable bonds is 10. The molecule has 0 saturated heterocycles. The molecular weight excluding hydrogens is 576 g/mol. The van der Waals surface area contributed by atoms with Crippen LogP contribution in [0.15, 0.2) is 97.2 Å². The number of carbonyl (C=O) groups is 2. The standard InChI is InChI=1S/C30H25ClF4N4O3/c1-19(40)37-23-11-13-24(14-12-23)38-28(41)39-29(17-20-6-3-2-4-7-20,26-15-10-22(31)18-36-26)21-8-5-9-25(16-21)42-30(34,35)27(32)33/h2-16,18,27H,17H2,1H3,(H,37,40)(H2,38,39,41)/t29-/m1/s1. The van der Waals surface area contributed by atoms with Crippen molar-refractivity contribution in [2.45, 2.75) is 31.4 Å². The van der Waals surface area contributed by atoms with Crippen molar-refractivity contribution in [3.05, 3.63) is 119 Å². The van der Waals surface area contributed by atoms with E-state index in [1.54, 1.807) is 66.7 Å². The summed E-state index contributed by atoms with van der Waals surface area (Å²) < 4.78 is 57.8. The number of urea groups is 1. The molecule has 0 fully saturated rings. The van der Waals surface area contributed by atoms with Crippen LogP contribution in [0.4, 0.5) is 33.7 Å². The molecule has 0 saturated carbocycles. The van der Waals surface area contributed by atoms with Gasteiger partial charge in [0.25, 0.3) is 0 Å². The topological polar surface area (TPSA) is 92.4 Å². The van der Waals surface area contributed by atoms with Crippen molar-refractivity contribution in [2.75, 3.05) is 10.6 Å². The molecule has 0 spiro atoms. The molecule has 3 amide bonds. The van der Waals surface area contributed by atoms with E-state index in [0.717, 1.165) is 17.7 Å². The van der Waals surface area contributed by atoms with E-state index in [9.17, 15) is 27.2 Å². The minimum Gasteiger partial charge on any atom is -0.428 e. The predicted octanol–water partition coefficient (Wildman–Crippen LogP) is 7.24. The summed E-state index contributed by atoms with van der Waals surface area (Å²) in [6, 6.07) is 22.9. The number of carbonyl (C=O) groups excluding carboxylic acids is 2. The van der Waals surface area contributed by atoms with Crippen LogP contribution >= 0.6 is 11.6 Å². The molecule has 12 heteroatoms. The fraction of sp³-hybridized carbons (Fsp3) is 0.167. The van der Waals surface area contributed by atoms with Gasteiger partial charge in [-0.1, -0.05) is 54.1 Å². The summed E-state index contributed by atoms with van der Waals surface area (Å²) in [5, 5.41) is 8.58. The molecule has 4 aromatic rings. The number of hydrogen-bond donors (Lipinski definition) is 3. The van der Waals surface area contributed by atoms with Crippen LogP contribution in [0.2, 0.25) is 5.02 Å². The van der Waals surface area contributed by atoms with Gasteiger partial charge in [-0.15, -0.1) is 0 Å². The van der Waals surface area contributed by atoms with Crippen molar-refractivity contribution in [3.63, 3.8) is 0 Å². The van der Waals surface area contributed by atoms with Crippen LogP contribution < -0.4 is 20.7 Å².